The maximum atomic E-state index is 14.0. The Bertz CT molecular complexity index is 1470. The number of aryl methyl sites for hydroxylation is 1. The van der Waals surface area contributed by atoms with Crippen LogP contribution in [0.15, 0.2) is 76.5 Å². The zero-order valence-electron chi connectivity index (χ0n) is 23.7. The second-order valence-corrected chi connectivity index (χ2v) is 13.3. The molecule has 0 aliphatic rings. The molecule has 0 saturated carbocycles. The van der Waals surface area contributed by atoms with Gasteiger partial charge in [-0.25, -0.2) is 8.42 Å². The van der Waals surface area contributed by atoms with Crippen molar-refractivity contribution in [2.45, 2.75) is 62.5 Å². The largest absolute Gasteiger partial charge is 0.352 e. The number of nitrogens with zero attached hydrogens (tertiary/aromatic N) is 2. The van der Waals surface area contributed by atoms with Crippen molar-refractivity contribution >= 4 is 62.5 Å². The zero-order chi connectivity index (χ0) is 30.3. The minimum atomic E-state index is -4.14. The van der Waals surface area contributed by atoms with Crippen molar-refractivity contribution in [3.8, 4) is 0 Å². The van der Waals surface area contributed by atoms with Gasteiger partial charge in [0.1, 0.15) is 12.6 Å². The highest BCUT2D eigenvalue weighted by molar-refractivity contribution is 7.98. The van der Waals surface area contributed by atoms with Gasteiger partial charge in [-0.05, 0) is 87.5 Å². The first kappa shape index (κ1) is 32.8. The van der Waals surface area contributed by atoms with Gasteiger partial charge in [-0.1, -0.05) is 53.9 Å². The van der Waals surface area contributed by atoms with E-state index in [4.69, 9.17) is 23.2 Å². The smallest absolute Gasteiger partial charge is 0.264 e. The number of halogens is 2. The number of carbonyl (C=O) groups is 2. The highest BCUT2D eigenvalue weighted by Gasteiger charge is 2.33. The Labute approximate surface area is 257 Å². The third-order valence-corrected chi connectivity index (χ3v) is 10.0. The van der Waals surface area contributed by atoms with Gasteiger partial charge in [0.05, 0.1) is 20.6 Å². The standard InChI is InChI=1S/C30H35Cl2N3O4S2/c1-6-21(3)33-30(37)22(4)34(18-23-9-16-27(31)28(32)17-23)29(36)19-35(24-10-7-20(2)8-11-24)41(38,39)26-14-12-25(40-5)13-15-26/h7-17,21-22H,6,18-19H2,1-5H3,(H,33,37)/t21-,22-/m1/s1. The topological polar surface area (TPSA) is 86.8 Å². The van der Waals surface area contributed by atoms with Gasteiger partial charge in [0.2, 0.25) is 11.8 Å². The highest BCUT2D eigenvalue weighted by atomic mass is 35.5. The fraction of sp³-hybridized carbons (Fsp3) is 0.333. The summed E-state index contributed by atoms with van der Waals surface area (Å²) in [6, 6.07) is 17.4. The van der Waals surface area contributed by atoms with E-state index in [1.807, 2.05) is 27.0 Å². The summed E-state index contributed by atoms with van der Waals surface area (Å²) >= 11 is 13.8. The molecule has 0 aliphatic heterocycles. The third-order valence-electron chi connectivity index (χ3n) is 6.75. The van der Waals surface area contributed by atoms with Crippen molar-refractivity contribution in [2.75, 3.05) is 17.1 Å². The number of rotatable bonds is 12. The van der Waals surface area contributed by atoms with Gasteiger partial charge in [0, 0.05) is 17.5 Å². The van der Waals surface area contributed by atoms with E-state index in [0.717, 1.165) is 14.8 Å². The molecular weight excluding hydrogens is 601 g/mol. The minimum absolute atomic E-state index is 0.0228. The fourth-order valence-corrected chi connectivity index (χ4v) is 6.14. The van der Waals surface area contributed by atoms with Crippen LogP contribution in [0.4, 0.5) is 5.69 Å². The molecule has 0 aliphatic carbocycles. The number of hydrogen-bond donors (Lipinski definition) is 1. The Morgan fingerprint density at radius 3 is 2.15 bits per heavy atom. The molecule has 0 saturated heterocycles. The fourth-order valence-electron chi connectivity index (χ4n) is 4.00. The molecule has 0 bridgehead atoms. The van der Waals surface area contributed by atoms with Crippen molar-refractivity contribution in [1.82, 2.24) is 10.2 Å². The molecule has 0 heterocycles. The lowest BCUT2D eigenvalue weighted by atomic mass is 10.1. The van der Waals surface area contributed by atoms with Gasteiger partial charge in [0.15, 0.2) is 0 Å². The van der Waals surface area contributed by atoms with Crippen molar-refractivity contribution < 1.29 is 18.0 Å². The Kier molecular flexibility index (Phi) is 11.6. The number of amides is 2. The molecule has 0 spiro atoms. The number of sulfonamides is 1. The first-order chi connectivity index (χ1) is 19.4. The zero-order valence-corrected chi connectivity index (χ0v) is 26.9. The Hall–Kier alpha value is -2.72. The van der Waals surface area contributed by atoms with E-state index in [0.29, 0.717) is 27.7 Å². The summed E-state index contributed by atoms with van der Waals surface area (Å²) in [5, 5.41) is 3.59. The third kappa shape index (κ3) is 8.41. The van der Waals surface area contributed by atoms with Gasteiger partial charge in [-0.3, -0.25) is 13.9 Å². The molecule has 0 radical (unpaired) electrons. The Balaban J connectivity index is 2.03. The average molecular weight is 637 g/mol. The predicted molar refractivity (Wildman–Crippen MR) is 168 cm³/mol. The molecule has 3 aromatic carbocycles. The summed E-state index contributed by atoms with van der Waals surface area (Å²) in [6.45, 7) is 6.85. The summed E-state index contributed by atoms with van der Waals surface area (Å²) in [7, 11) is -4.14. The molecule has 7 nitrogen and oxygen atoms in total. The molecule has 220 valence electrons. The van der Waals surface area contributed by atoms with E-state index >= 15 is 0 Å². The molecule has 0 unspecified atom stereocenters. The number of nitrogens with one attached hydrogen (secondary N) is 1. The van der Waals surface area contributed by atoms with Crippen LogP contribution in [-0.2, 0) is 26.2 Å². The quantitative estimate of drug-likeness (QED) is 0.228. The number of benzene rings is 3. The van der Waals surface area contributed by atoms with E-state index in [1.165, 1.54) is 28.8 Å². The van der Waals surface area contributed by atoms with E-state index in [9.17, 15) is 18.0 Å². The lowest BCUT2D eigenvalue weighted by Gasteiger charge is -2.32. The highest BCUT2D eigenvalue weighted by Crippen LogP contribution is 2.27. The summed E-state index contributed by atoms with van der Waals surface area (Å²) in [5.41, 5.74) is 1.93. The van der Waals surface area contributed by atoms with E-state index in [1.54, 1.807) is 61.5 Å². The van der Waals surface area contributed by atoms with Crippen LogP contribution in [0, 0.1) is 6.92 Å². The first-order valence-corrected chi connectivity index (χ1v) is 16.6. The lowest BCUT2D eigenvalue weighted by molar-refractivity contribution is -0.139. The Morgan fingerprint density at radius 2 is 1.59 bits per heavy atom. The molecule has 2 atom stereocenters. The van der Waals surface area contributed by atoms with Crippen molar-refractivity contribution in [2.24, 2.45) is 0 Å². The normalized spacial score (nSPS) is 12.9. The van der Waals surface area contributed by atoms with Gasteiger partial charge in [-0.2, -0.15) is 0 Å². The monoisotopic (exact) mass is 635 g/mol. The van der Waals surface area contributed by atoms with E-state index < -0.39 is 28.5 Å². The van der Waals surface area contributed by atoms with Crippen LogP contribution in [0.3, 0.4) is 0 Å². The van der Waals surface area contributed by atoms with Crippen molar-refractivity contribution in [3.05, 3.63) is 87.9 Å². The lowest BCUT2D eigenvalue weighted by Crippen LogP contribution is -2.52. The van der Waals surface area contributed by atoms with Gasteiger partial charge in [0.25, 0.3) is 10.0 Å². The molecule has 3 rings (SSSR count). The van der Waals surface area contributed by atoms with Crippen LogP contribution in [0.1, 0.15) is 38.3 Å². The molecule has 11 heteroatoms. The van der Waals surface area contributed by atoms with Crippen LogP contribution in [-0.4, -0.2) is 50.0 Å². The van der Waals surface area contributed by atoms with Crippen LogP contribution in [0.2, 0.25) is 10.0 Å². The molecule has 2 amide bonds. The number of thioether (sulfide) groups is 1. The van der Waals surface area contributed by atoms with Gasteiger partial charge < -0.3 is 10.2 Å². The van der Waals surface area contributed by atoms with Crippen molar-refractivity contribution in [3.63, 3.8) is 0 Å². The van der Waals surface area contributed by atoms with Crippen LogP contribution in [0.5, 0.6) is 0 Å². The van der Waals surface area contributed by atoms with Gasteiger partial charge in [-0.15, -0.1) is 11.8 Å². The number of anilines is 1. The van der Waals surface area contributed by atoms with Crippen LogP contribution >= 0.6 is 35.0 Å². The van der Waals surface area contributed by atoms with Crippen LogP contribution in [0.25, 0.3) is 0 Å². The molecule has 1 N–H and O–H groups in total. The summed E-state index contributed by atoms with van der Waals surface area (Å²) < 4.78 is 29.0. The average Bonchev–Trinajstić information content (AvgIpc) is 2.96. The van der Waals surface area contributed by atoms with Crippen molar-refractivity contribution in [1.29, 1.82) is 0 Å². The Morgan fingerprint density at radius 1 is 0.951 bits per heavy atom. The first-order valence-electron chi connectivity index (χ1n) is 13.1. The number of hydrogen-bond acceptors (Lipinski definition) is 5. The maximum absolute atomic E-state index is 14.0. The number of carbonyl (C=O) groups excluding carboxylic acids is 2. The maximum Gasteiger partial charge on any atom is 0.264 e. The molecule has 41 heavy (non-hydrogen) atoms. The summed E-state index contributed by atoms with van der Waals surface area (Å²) in [6.07, 6.45) is 2.62. The SMILES string of the molecule is CC[C@@H](C)NC(=O)[C@@H](C)N(Cc1ccc(Cl)c(Cl)c1)C(=O)CN(c1ccc(C)cc1)S(=O)(=O)c1ccc(SC)cc1. The molecule has 0 fully saturated rings. The van der Waals surface area contributed by atoms with E-state index in [2.05, 4.69) is 5.32 Å². The summed E-state index contributed by atoms with van der Waals surface area (Å²) in [5.74, 6) is -0.891. The summed E-state index contributed by atoms with van der Waals surface area (Å²) in [4.78, 5) is 29.5. The van der Waals surface area contributed by atoms with Gasteiger partial charge >= 0.3 is 0 Å². The molecular formula is C30H35Cl2N3O4S2. The van der Waals surface area contributed by atoms with Crippen LogP contribution < -0.4 is 9.62 Å². The second kappa shape index (κ2) is 14.4. The van der Waals surface area contributed by atoms with E-state index in [-0.39, 0.29) is 23.4 Å². The second-order valence-electron chi connectivity index (χ2n) is 9.79. The predicted octanol–water partition coefficient (Wildman–Crippen LogP) is 6.55. The molecule has 0 aromatic heterocycles. The minimum Gasteiger partial charge on any atom is -0.352 e. The molecule has 3 aromatic rings.